The van der Waals surface area contributed by atoms with E-state index < -0.39 is 18.1 Å². The Labute approximate surface area is 284 Å². The van der Waals surface area contributed by atoms with Gasteiger partial charge in [-0.05, 0) is 62.4 Å². The second-order valence-electron chi connectivity index (χ2n) is 11.4. The van der Waals surface area contributed by atoms with Crippen molar-refractivity contribution in [3.8, 4) is 0 Å². The molecule has 0 aliphatic carbocycles. The lowest BCUT2D eigenvalue weighted by molar-refractivity contribution is -0.141. The number of rotatable bonds is 19. The lowest BCUT2D eigenvalue weighted by Crippen LogP contribution is -2.30. The minimum absolute atomic E-state index is 0.147. The van der Waals surface area contributed by atoms with Crippen LogP contribution in [-0.2, 0) is 40.0 Å². The summed E-state index contributed by atoms with van der Waals surface area (Å²) in [5.74, 6) is -0.975. The largest absolute Gasteiger partial charge is 0.469 e. The number of hydrogen-bond donors (Lipinski definition) is 3. The Hall–Kier alpha value is -4.54. The van der Waals surface area contributed by atoms with Crippen LogP contribution in [0.15, 0.2) is 84.9 Å². The average Bonchev–Trinajstić information content (AvgIpc) is 3.10. The van der Waals surface area contributed by atoms with Gasteiger partial charge in [-0.2, -0.15) is 0 Å². The van der Waals surface area contributed by atoms with Crippen molar-refractivity contribution in [2.24, 2.45) is 0 Å². The number of carbonyl (C=O) groups excluding carboxylic acids is 4. The van der Waals surface area contributed by atoms with Crippen LogP contribution >= 0.6 is 0 Å². The zero-order valence-electron chi connectivity index (χ0n) is 28.3. The molecule has 10 nitrogen and oxygen atoms in total. The summed E-state index contributed by atoms with van der Waals surface area (Å²) in [7, 11) is 2.76. The summed E-state index contributed by atoms with van der Waals surface area (Å²) < 4.78 is 15.1. The Morgan fingerprint density at radius 3 is 1.60 bits per heavy atom. The molecule has 0 saturated carbocycles. The minimum Gasteiger partial charge on any atom is -0.469 e. The number of carbonyl (C=O) groups is 4. The molecule has 0 aliphatic heterocycles. The maximum Gasteiger partial charge on any atom is 0.305 e. The maximum absolute atomic E-state index is 12.7. The van der Waals surface area contributed by atoms with Crippen LogP contribution in [0.1, 0.15) is 75.3 Å². The first-order chi connectivity index (χ1) is 23.2. The van der Waals surface area contributed by atoms with E-state index in [0.717, 1.165) is 36.9 Å². The van der Waals surface area contributed by atoms with Crippen molar-refractivity contribution in [2.75, 3.05) is 24.9 Å². The van der Waals surface area contributed by atoms with Gasteiger partial charge in [0.2, 0.25) is 0 Å². The van der Waals surface area contributed by atoms with E-state index in [-0.39, 0.29) is 17.8 Å². The van der Waals surface area contributed by atoms with Crippen LogP contribution in [-0.4, -0.2) is 55.3 Å². The van der Waals surface area contributed by atoms with Gasteiger partial charge in [0.05, 0.1) is 20.8 Å². The fraction of sp³-hybridized carbons (Fsp3) is 0.421. The third-order valence-corrected chi connectivity index (χ3v) is 7.41. The van der Waals surface area contributed by atoms with E-state index in [1.807, 2.05) is 79.7 Å². The summed E-state index contributed by atoms with van der Waals surface area (Å²) in [6, 6.07) is 26.5. The number of para-hydroxylation sites is 2. The number of aliphatic hydroxyl groups excluding tert-OH is 1. The molecular weight excluding hydrogens is 612 g/mol. The molecule has 0 spiro atoms. The first kappa shape index (κ1) is 39.6. The molecular formula is C38H50N2O8. The Balaban J connectivity index is 0.000000353. The molecule has 2 atom stereocenters. The van der Waals surface area contributed by atoms with Crippen LogP contribution in [0.4, 0.5) is 11.4 Å². The Kier molecular flexibility index (Phi) is 19.6. The summed E-state index contributed by atoms with van der Waals surface area (Å²) in [4.78, 5) is 46.5. The molecule has 2 unspecified atom stereocenters. The number of ether oxygens (including phenoxy) is 3. The zero-order valence-corrected chi connectivity index (χ0v) is 28.3. The minimum atomic E-state index is -1.02. The summed E-state index contributed by atoms with van der Waals surface area (Å²) in [6.45, 7) is 2.42. The number of hydrogen-bond acceptors (Lipinski definition) is 8. The standard InChI is InChI=1S/C23H29NO4.C15H21NO4/c1-18-13-15-19(16-14-18)17-28-21(11-7-4-8-12-22(25)27-2)23(26)24-20-9-5-3-6-10-20;1-20-14(18)11-7-3-6-10-13(17)15(19)16-12-8-4-2-5-9-12/h3,5-6,9-10,13-16,21H,4,7-8,11-12,17H2,1-2H3,(H,24,26);2,4-5,8-9,13,17H,3,6-7,10-11H2,1H3,(H,16,19). The van der Waals surface area contributed by atoms with Gasteiger partial charge < -0.3 is 30.0 Å². The molecule has 2 amide bonds. The van der Waals surface area contributed by atoms with Gasteiger partial charge in [-0.1, -0.05) is 91.9 Å². The third-order valence-electron chi connectivity index (χ3n) is 7.41. The fourth-order valence-electron chi connectivity index (χ4n) is 4.56. The van der Waals surface area contributed by atoms with Crippen molar-refractivity contribution in [3.05, 3.63) is 96.1 Å². The lowest BCUT2D eigenvalue weighted by Gasteiger charge is -2.18. The van der Waals surface area contributed by atoms with E-state index in [2.05, 4.69) is 20.1 Å². The highest BCUT2D eigenvalue weighted by Crippen LogP contribution is 2.15. The number of aryl methyl sites for hydroxylation is 1. The van der Waals surface area contributed by atoms with Gasteiger partial charge in [-0.15, -0.1) is 0 Å². The molecule has 3 rings (SSSR count). The van der Waals surface area contributed by atoms with Gasteiger partial charge in [-0.25, -0.2) is 0 Å². The molecule has 0 radical (unpaired) electrons. The molecule has 3 aromatic carbocycles. The van der Waals surface area contributed by atoms with Gasteiger partial charge >= 0.3 is 11.9 Å². The number of amides is 2. The smallest absolute Gasteiger partial charge is 0.305 e. The normalized spacial score (nSPS) is 11.7. The summed E-state index contributed by atoms with van der Waals surface area (Å²) in [6.07, 6.45) is 4.79. The summed E-state index contributed by atoms with van der Waals surface area (Å²) in [5, 5.41) is 15.3. The molecule has 0 heterocycles. The van der Waals surface area contributed by atoms with Gasteiger partial charge in [0.1, 0.15) is 12.2 Å². The molecule has 0 saturated heterocycles. The van der Waals surface area contributed by atoms with E-state index in [9.17, 15) is 24.3 Å². The zero-order chi connectivity index (χ0) is 35.0. The quantitative estimate of drug-likeness (QED) is 0.0946. The molecule has 0 fully saturated rings. The van der Waals surface area contributed by atoms with Gasteiger partial charge in [-0.3, -0.25) is 19.2 Å². The number of methoxy groups -OCH3 is 2. The summed E-state index contributed by atoms with van der Waals surface area (Å²) >= 11 is 0. The Morgan fingerprint density at radius 2 is 1.10 bits per heavy atom. The van der Waals surface area contributed by atoms with Crippen molar-refractivity contribution in [1.82, 2.24) is 0 Å². The van der Waals surface area contributed by atoms with Crippen LogP contribution < -0.4 is 10.6 Å². The lowest BCUT2D eigenvalue weighted by atomic mass is 10.1. The van der Waals surface area contributed by atoms with Crippen molar-refractivity contribution < 1.29 is 38.5 Å². The molecule has 3 aromatic rings. The van der Waals surface area contributed by atoms with Crippen LogP contribution in [0, 0.1) is 6.92 Å². The highest BCUT2D eigenvalue weighted by Gasteiger charge is 2.19. The number of benzene rings is 3. The van der Waals surface area contributed by atoms with Crippen LogP contribution in [0.2, 0.25) is 0 Å². The maximum atomic E-state index is 12.7. The SMILES string of the molecule is COC(=O)CCCCCC(O)C(=O)Nc1ccccc1.COC(=O)CCCCCC(OCc1ccc(C)cc1)C(=O)Nc1ccccc1. The number of esters is 2. The van der Waals surface area contributed by atoms with Crippen LogP contribution in [0.5, 0.6) is 0 Å². The fourth-order valence-corrected chi connectivity index (χ4v) is 4.56. The molecule has 48 heavy (non-hydrogen) atoms. The predicted molar refractivity (Wildman–Crippen MR) is 186 cm³/mol. The number of unbranched alkanes of at least 4 members (excludes halogenated alkanes) is 4. The van der Waals surface area contributed by atoms with Crippen molar-refractivity contribution in [2.45, 2.75) is 89.9 Å². The van der Waals surface area contributed by atoms with E-state index in [1.165, 1.54) is 19.8 Å². The van der Waals surface area contributed by atoms with Gasteiger partial charge in [0, 0.05) is 24.2 Å². The number of aliphatic hydroxyl groups is 1. The Morgan fingerprint density at radius 1 is 0.625 bits per heavy atom. The highest BCUT2D eigenvalue weighted by molar-refractivity contribution is 5.94. The number of anilines is 2. The van der Waals surface area contributed by atoms with Crippen LogP contribution in [0.3, 0.4) is 0 Å². The monoisotopic (exact) mass is 662 g/mol. The first-order valence-electron chi connectivity index (χ1n) is 16.4. The van der Waals surface area contributed by atoms with E-state index in [1.54, 1.807) is 12.1 Å². The topological polar surface area (TPSA) is 140 Å². The highest BCUT2D eigenvalue weighted by atomic mass is 16.5. The van der Waals surface area contributed by atoms with Crippen molar-refractivity contribution in [1.29, 1.82) is 0 Å². The second kappa shape index (κ2) is 23.7. The average molecular weight is 663 g/mol. The molecule has 10 heteroatoms. The van der Waals surface area contributed by atoms with Gasteiger partial charge in [0.15, 0.2) is 0 Å². The van der Waals surface area contributed by atoms with Crippen molar-refractivity contribution >= 4 is 35.1 Å². The molecule has 0 bridgehead atoms. The Bertz CT molecular complexity index is 1350. The number of nitrogens with one attached hydrogen (secondary N) is 2. The third kappa shape index (κ3) is 17.4. The van der Waals surface area contributed by atoms with Crippen molar-refractivity contribution in [3.63, 3.8) is 0 Å². The first-order valence-corrected chi connectivity index (χ1v) is 16.4. The van der Waals surface area contributed by atoms with E-state index in [4.69, 9.17) is 4.74 Å². The van der Waals surface area contributed by atoms with E-state index >= 15 is 0 Å². The predicted octanol–water partition coefficient (Wildman–Crippen LogP) is 6.75. The van der Waals surface area contributed by atoms with Gasteiger partial charge in [0.25, 0.3) is 11.8 Å². The van der Waals surface area contributed by atoms with E-state index in [0.29, 0.717) is 50.8 Å². The molecule has 0 aliphatic rings. The molecule has 0 aromatic heterocycles. The van der Waals surface area contributed by atoms with Crippen LogP contribution in [0.25, 0.3) is 0 Å². The molecule has 260 valence electrons. The second-order valence-corrected chi connectivity index (χ2v) is 11.4. The molecule has 3 N–H and O–H groups in total. The summed E-state index contributed by atoms with van der Waals surface area (Å²) in [5.41, 5.74) is 3.64.